The number of sulfone groups is 1. The summed E-state index contributed by atoms with van der Waals surface area (Å²) in [5.74, 6) is 0.565. The standard InChI is InChI=1S/C14H22N2O2S/c1-14(2,12-3-5-13(15)6-4-12)11-16-7-9-19(17,18)10-8-16/h3-6H,7-11,15H2,1-2H3. The Bertz CT molecular complexity index is 521. The van der Waals surface area contributed by atoms with Crippen LogP contribution < -0.4 is 5.73 Å². The van der Waals surface area contributed by atoms with E-state index in [-0.39, 0.29) is 16.9 Å². The third-order valence-corrected chi connectivity index (χ3v) is 5.36. The molecule has 0 radical (unpaired) electrons. The van der Waals surface area contributed by atoms with Crippen LogP contribution in [0.5, 0.6) is 0 Å². The van der Waals surface area contributed by atoms with Crippen molar-refractivity contribution >= 4 is 15.5 Å². The Morgan fingerprint density at radius 3 is 2.21 bits per heavy atom. The molecule has 4 nitrogen and oxygen atoms in total. The van der Waals surface area contributed by atoms with E-state index in [1.165, 1.54) is 5.56 Å². The minimum absolute atomic E-state index is 0.00516. The van der Waals surface area contributed by atoms with Gasteiger partial charge in [0, 0.05) is 30.7 Å². The second kappa shape index (κ2) is 5.13. The number of nitrogens with zero attached hydrogens (tertiary/aromatic N) is 1. The van der Waals surface area contributed by atoms with E-state index in [2.05, 4.69) is 30.9 Å². The lowest BCUT2D eigenvalue weighted by molar-refractivity contribution is 0.239. The van der Waals surface area contributed by atoms with E-state index in [1.54, 1.807) is 0 Å². The van der Waals surface area contributed by atoms with Crippen molar-refractivity contribution in [2.75, 3.05) is 36.9 Å². The fraction of sp³-hybridized carbons (Fsp3) is 0.571. The minimum atomic E-state index is -2.80. The van der Waals surface area contributed by atoms with Gasteiger partial charge in [-0.1, -0.05) is 26.0 Å². The van der Waals surface area contributed by atoms with Crippen molar-refractivity contribution in [3.05, 3.63) is 29.8 Å². The zero-order valence-electron chi connectivity index (χ0n) is 11.6. The van der Waals surface area contributed by atoms with Gasteiger partial charge in [0.1, 0.15) is 0 Å². The molecule has 0 bridgehead atoms. The molecule has 1 aromatic rings. The molecule has 1 heterocycles. The highest BCUT2D eigenvalue weighted by molar-refractivity contribution is 7.91. The smallest absolute Gasteiger partial charge is 0.152 e. The molecule has 2 N–H and O–H groups in total. The topological polar surface area (TPSA) is 63.4 Å². The molecule has 0 amide bonds. The molecule has 1 fully saturated rings. The number of nitrogens with two attached hydrogens (primary N) is 1. The van der Waals surface area contributed by atoms with E-state index in [0.717, 1.165) is 12.2 Å². The van der Waals surface area contributed by atoms with Gasteiger partial charge in [0.15, 0.2) is 9.84 Å². The second-order valence-corrected chi connectivity index (χ2v) is 8.24. The Labute approximate surface area is 115 Å². The lowest BCUT2D eigenvalue weighted by Gasteiger charge is -2.35. The van der Waals surface area contributed by atoms with Crippen molar-refractivity contribution in [1.29, 1.82) is 0 Å². The highest BCUT2D eigenvalue weighted by Gasteiger charge is 2.28. The molecular formula is C14H22N2O2S. The molecule has 0 unspecified atom stereocenters. The van der Waals surface area contributed by atoms with Crippen LogP contribution in [-0.2, 0) is 15.3 Å². The number of hydrogen-bond acceptors (Lipinski definition) is 4. The average Bonchev–Trinajstić information content (AvgIpc) is 2.32. The average molecular weight is 282 g/mol. The Hall–Kier alpha value is -1.07. The summed E-state index contributed by atoms with van der Waals surface area (Å²) in [6.07, 6.45) is 0. The molecule has 2 rings (SSSR count). The SMILES string of the molecule is CC(C)(CN1CCS(=O)(=O)CC1)c1ccc(N)cc1. The van der Waals surface area contributed by atoms with Crippen LogP contribution >= 0.6 is 0 Å². The van der Waals surface area contributed by atoms with Crippen LogP contribution in [0.4, 0.5) is 5.69 Å². The molecule has 106 valence electrons. The predicted molar refractivity (Wildman–Crippen MR) is 79.0 cm³/mol. The van der Waals surface area contributed by atoms with Crippen molar-refractivity contribution in [3.8, 4) is 0 Å². The van der Waals surface area contributed by atoms with E-state index in [4.69, 9.17) is 5.73 Å². The molecule has 0 aliphatic carbocycles. The summed E-state index contributed by atoms with van der Waals surface area (Å²) in [7, 11) is -2.80. The summed E-state index contributed by atoms with van der Waals surface area (Å²) in [4.78, 5) is 2.23. The Kier molecular flexibility index (Phi) is 3.87. The van der Waals surface area contributed by atoms with Gasteiger partial charge in [-0.05, 0) is 17.7 Å². The van der Waals surface area contributed by atoms with Crippen molar-refractivity contribution in [2.45, 2.75) is 19.3 Å². The van der Waals surface area contributed by atoms with Gasteiger partial charge in [-0.25, -0.2) is 8.42 Å². The number of rotatable bonds is 3. The predicted octanol–water partition coefficient (Wildman–Crippen LogP) is 1.28. The van der Waals surface area contributed by atoms with Gasteiger partial charge in [0.05, 0.1) is 11.5 Å². The molecule has 1 aromatic carbocycles. The first kappa shape index (κ1) is 14.3. The molecule has 0 aromatic heterocycles. The molecule has 1 aliphatic heterocycles. The van der Waals surface area contributed by atoms with Crippen LogP contribution in [0.1, 0.15) is 19.4 Å². The van der Waals surface area contributed by atoms with E-state index < -0.39 is 9.84 Å². The summed E-state index contributed by atoms with van der Waals surface area (Å²) in [6, 6.07) is 7.93. The summed E-state index contributed by atoms with van der Waals surface area (Å²) >= 11 is 0. The van der Waals surface area contributed by atoms with Crippen LogP contribution in [-0.4, -0.2) is 44.5 Å². The van der Waals surface area contributed by atoms with Crippen LogP contribution in [0.25, 0.3) is 0 Å². The van der Waals surface area contributed by atoms with Crippen molar-refractivity contribution < 1.29 is 8.42 Å². The van der Waals surface area contributed by atoms with E-state index >= 15 is 0 Å². The fourth-order valence-corrected chi connectivity index (χ4v) is 3.77. The maximum Gasteiger partial charge on any atom is 0.152 e. The van der Waals surface area contributed by atoms with Gasteiger partial charge in [0.2, 0.25) is 0 Å². The molecule has 19 heavy (non-hydrogen) atoms. The minimum Gasteiger partial charge on any atom is -0.399 e. The highest BCUT2D eigenvalue weighted by Crippen LogP contribution is 2.25. The van der Waals surface area contributed by atoms with E-state index in [1.807, 2.05) is 12.1 Å². The van der Waals surface area contributed by atoms with Gasteiger partial charge in [0.25, 0.3) is 0 Å². The van der Waals surface area contributed by atoms with Gasteiger partial charge >= 0.3 is 0 Å². The van der Waals surface area contributed by atoms with Crippen molar-refractivity contribution in [3.63, 3.8) is 0 Å². The quantitative estimate of drug-likeness (QED) is 0.848. The van der Waals surface area contributed by atoms with Crippen LogP contribution in [0.3, 0.4) is 0 Å². The molecule has 0 saturated carbocycles. The first-order valence-electron chi connectivity index (χ1n) is 6.57. The largest absolute Gasteiger partial charge is 0.399 e. The molecular weight excluding hydrogens is 260 g/mol. The van der Waals surface area contributed by atoms with Gasteiger partial charge in [-0.3, -0.25) is 0 Å². The number of nitrogen functional groups attached to an aromatic ring is 1. The van der Waals surface area contributed by atoms with Gasteiger partial charge in [-0.2, -0.15) is 0 Å². The lowest BCUT2D eigenvalue weighted by atomic mass is 9.84. The highest BCUT2D eigenvalue weighted by atomic mass is 32.2. The summed E-state index contributed by atoms with van der Waals surface area (Å²) in [6.45, 7) is 6.51. The van der Waals surface area contributed by atoms with Crippen LogP contribution in [0, 0.1) is 0 Å². The third kappa shape index (κ3) is 3.70. The summed E-state index contributed by atoms with van der Waals surface area (Å²) < 4.78 is 22.9. The maximum absolute atomic E-state index is 11.4. The molecule has 1 saturated heterocycles. The Morgan fingerprint density at radius 1 is 1.16 bits per heavy atom. The molecule has 0 atom stereocenters. The zero-order chi connectivity index (χ0) is 14.1. The van der Waals surface area contributed by atoms with E-state index in [9.17, 15) is 8.42 Å². The number of anilines is 1. The van der Waals surface area contributed by atoms with E-state index in [0.29, 0.717) is 13.1 Å². The first-order valence-corrected chi connectivity index (χ1v) is 8.39. The molecule has 5 heteroatoms. The monoisotopic (exact) mass is 282 g/mol. The summed E-state index contributed by atoms with van der Waals surface area (Å²) in [5.41, 5.74) is 7.70. The summed E-state index contributed by atoms with van der Waals surface area (Å²) in [5, 5.41) is 0. The third-order valence-electron chi connectivity index (χ3n) is 3.75. The first-order chi connectivity index (χ1) is 8.78. The second-order valence-electron chi connectivity index (χ2n) is 5.93. The Morgan fingerprint density at radius 2 is 1.68 bits per heavy atom. The molecule has 1 aliphatic rings. The van der Waals surface area contributed by atoms with Crippen LogP contribution in [0.2, 0.25) is 0 Å². The van der Waals surface area contributed by atoms with Gasteiger partial charge < -0.3 is 10.6 Å². The van der Waals surface area contributed by atoms with Crippen molar-refractivity contribution in [1.82, 2.24) is 4.90 Å². The number of benzene rings is 1. The Balaban J connectivity index is 2.03. The van der Waals surface area contributed by atoms with Crippen molar-refractivity contribution in [2.24, 2.45) is 0 Å². The zero-order valence-corrected chi connectivity index (χ0v) is 12.4. The number of hydrogen-bond donors (Lipinski definition) is 1. The fourth-order valence-electron chi connectivity index (χ4n) is 2.49. The maximum atomic E-state index is 11.4. The molecule has 0 spiro atoms. The lowest BCUT2D eigenvalue weighted by Crippen LogP contribution is -2.45. The van der Waals surface area contributed by atoms with Crippen LogP contribution in [0.15, 0.2) is 24.3 Å². The van der Waals surface area contributed by atoms with Gasteiger partial charge in [-0.15, -0.1) is 0 Å². The normalized spacial score (nSPS) is 20.3.